The molecule has 54 heavy (non-hydrogen) atoms. The Morgan fingerprint density at radius 2 is 1.91 bits per heavy atom. The van der Waals surface area contributed by atoms with E-state index in [2.05, 4.69) is 55.5 Å². The molecular formula is C38H50FN9O6. The zero-order valence-electron chi connectivity index (χ0n) is 31.5. The number of phenols is 1. The summed E-state index contributed by atoms with van der Waals surface area (Å²) >= 11 is 0. The Morgan fingerprint density at radius 3 is 2.54 bits per heavy atom. The van der Waals surface area contributed by atoms with Crippen LogP contribution in [0.4, 0.5) is 10.1 Å². The number of benzene rings is 2. The largest absolute Gasteiger partial charge is 0.506 e. The third kappa shape index (κ3) is 11.5. The number of aromatic hydroxyl groups is 2. The second-order valence-corrected chi connectivity index (χ2v) is 12.6. The highest BCUT2D eigenvalue weighted by Crippen LogP contribution is 2.32. The number of amides is 3. The first-order valence-electron chi connectivity index (χ1n) is 17.4. The van der Waals surface area contributed by atoms with Crippen molar-refractivity contribution in [1.29, 1.82) is 0 Å². The molecule has 16 heteroatoms. The van der Waals surface area contributed by atoms with Gasteiger partial charge in [0.1, 0.15) is 35.7 Å². The number of phenolic OH excluding ortho intramolecular Hbond substituents is 1. The Balaban J connectivity index is 0.000000545. The standard InChI is InChI=1S/C28H39FN8O5.C10H11NO/c1-7-20(30-5)25(36(13-11-32-17-38)12-10-22-26(41)18(2)33-16-34-22)27(42)37(31-6)15-24(40)35-21-9-8-19(14-23(21)39)28(3,4)29;1-11-7-8-3-2-4-10-9(8)5-6-12-10/h8-9,14,16-17,30,39,41H,6-7,10-13,15H2,1-5H3,(H,32,38)(H,35,40);2-4H,1,5-7H2/b25-20+;. The highest BCUT2D eigenvalue weighted by atomic mass is 19.1. The van der Waals surface area contributed by atoms with Gasteiger partial charge in [-0.05, 0) is 63.2 Å². The predicted octanol–water partition coefficient (Wildman–Crippen LogP) is 3.74. The summed E-state index contributed by atoms with van der Waals surface area (Å²) in [6.07, 6.45) is 3.54. The maximum atomic E-state index is 14.2. The van der Waals surface area contributed by atoms with Crippen LogP contribution in [-0.2, 0) is 39.4 Å². The first kappa shape index (κ1) is 42.4. The monoisotopic (exact) mass is 747 g/mol. The average Bonchev–Trinajstić information content (AvgIpc) is 3.63. The molecule has 4 rings (SSSR count). The summed E-state index contributed by atoms with van der Waals surface area (Å²) < 4.78 is 19.7. The third-order valence-corrected chi connectivity index (χ3v) is 8.55. The summed E-state index contributed by atoms with van der Waals surface area (Å²) in [7, 11) is 1.65. The van der Waals surface area contributed by atoms with E-state index in [1.807, 2.05) is 19.1 Å². The van der Waals surface area contributed by atoms with Crippen molar-refractivity contribution in [2.45, 2.75) is 59.2 Å². The van der Waals surface area contributed by atoms with E-state index < -0.39 is 24.0 Å². The third-order valence-electron chi connectivity index (χ3n) is 8.55. The van der Waals surface area contributed by atoms with E-state index >= 15 is 0 Å². The summed E-state index contributed by atoms with van der Waals surface area (Å²) in [5, 5.41) is 33.5. The number of rotatable bonds is 18. The van der Waals surface area contributed by atoms with Crippen LogP contribution in [-0.4, -0.2) is 102 Å². The number of aliphatic imine (C=N–C) groups is 1. The molecule has 3 aromatic rings. The van der Waals surface area contributed by atoms with Crippen LogP contribution < -0.4 is 20.7 Å². The molecule has 5 N–H and O–H groups in total. The lowest BCUT2D eigenvalue weighted by Crippen LogP contribution is -2.43. The minimum absolute atomic E-state index is 0.0335. The molecule has 1 aliphatic rings. The van der Waals surface area contributed by atoms with Crippen molar-refractivity contribution < 1.29 is 33.7 Å². The van der Waals surface area contributed by atoms with Gasteiger partial charge in [0.05, 0.1) is 30.2 Å². The summed E-state index contributed by atoms with van der Waals surface area (Å²) in [5.74, 6) is -0.703. The second-order valence-electron chi connectivity index (χ2n) is 12.6. The lowest BCUT2D eigenvalue weighted by molar-refractivity contribution is -0.132. The lowest BCUT2D eigenvalue weighted by Gasteiger charge is -2.31. The van der Waals surface area contributed by atoms with Gasteiger partial charge in [0, 0.05) is 57.5 Å². The number of ether oxygens (including phenoxy) is 1. The average molecular weight is 748 g/mol. The smallest absolute Gasteiger partial charge is 0.292 e. The fraction of sp³-hybridized carbons (Fsp3) is 0.395. The van der Waals surface area contributed by atoms with Gasteiger partial charge in [0.2, 0.25) is 12.3 Å². The predicted molar refractivity (Wildman–Crippen MR) is 205 cm³/mol. The highest BCUT2D eigenvalue weighted by Gasteiger charge is 2.28. The van der Waals surface area contributed by atoms with Crippen LogP contribution in [0.15, 0.2) is 64.2 Å². The molecule has 0 bridgehead atoms. The highest BCUT2D eigenvalue weighted by molar-refractivity contribution is 5.99. The number of nitrogens with one attached hydrogen (secondary N) is 3. The number of aromatic nitrogens is 2. The van der Waals surface area contributed by atoms with Gasteiger partial charge in [0.25, 0.3) is 5.91 Å². The Labute approximate surface area is 315 Å². The van der Waals surface area contributed by atoms with Gasteiger partial charge in [-0.3, -0.25) is 19.4 Å². The number of nitrogens with zero attached hydrogens (tertiary/aromatic N) is 6. The van der Waals surface area contributed by atoms with Crippen LogP contribution in [0.5, 0.6) is 17.2 Å². The molecule has 0 saturated heterocycles. The van der Waals surface area contributed by atoms with Gasteiger partial charge < -0.3 is 35.8 Å². The van der Waals surface area contributed by atoms with E-state index in [0.29, 0.717) is 36.5 Å². The minimum Gasteiger partial charge on any atom is -0.506 e. The first-order chi connectivity index (χ1) is 25.8. The minimum atomic E-state index is -1.69. The van der Waals surface area contributed by atoms with Gasteiger partial charge in [-0.1, -0.05) is 25.1 Å². The molecule has 0 aliphatic carbocycles. The number of aryl methyl sites for hydroxylation is 1. The zero-order valence-corrected chi connectivity index (χ0v) is 31.5. The molecule has 0 radical (unpaired) electrons. The summed E-state index contributed by atoms with van der Waals surface area (Å²) in [6.45, 7) is 14.7. The fourth-order valence-corrected chi connectivity index (χ4v) is 5.65. The van der Waals surface area contributed by atoms with E-state index in [9.17, 15) is 29.0 Å². The maximum absolute atomic E-state index is 14.2. The van der Waals surface area contributed by atoms with Crippen molar-refractivity contribution in [3.05, 3.63) is 82.2 Å². The van der Waals surface area contributed by atoms with E-state index in [1.165, 1.54) is 49.5 Å². The summed E-state index contributed by atoms with van der Waals surface area (Å²) in [5.41, 5.74) is 2.63. The second kappa shape index (κ2) is 20.3. The fourth-order valence-electron chi connectivity index (χ4n) is 5.65. The topological polar surface area (TPSA) is 194 Å². The zero-order chi connectivity index (χ0) is 39.8. The Hall–Kier alpha value is -6.06. The number of hydrazone groups is 1. The van der Waals surface area contributed by atoms with Crippen LogP contribution in [0.2, 0.25) is 0 Å². The number of hydrogen-bond donors (Lipinski definition) is 5. The van der Waals surface area contributed by atoms with Gasteiger partial charge >= 0.3 is 0 Å². The van der Waals surface area contributed by atoms with Crippen LogP contribution in [0, 0.1) is 6.92 Å². The first-order valence-corrected chi connectivity index (χ1v) is 17.4. The van der Waals surface area contributed by atoms with Crippen LogP contribution in [0.1, 0.15) is 55.3 Å². The maximum Gasteiger partial charge on any atom is 0.292 e. The Kier molecular flexibility index (Phi) is 15.9. The normalized spacial score (nSPS) is 12.1. The molecule has 0 atom stereocenters. The number of halogens is 1. The summed E-state index contributed by atoms with van der Waals surface area (Å²) in [6, 6.07) is 10.1. The van der Waals surface area contributed by atoms with Gasteiger partial charge in [-0.2, -0.15) is 5.10 Å². The summed E-state index contributed by atoms with van der Waals surface area (Å²) in [4.78, 5) is 51.4. The number of fused-ring (bicyclic) bond motifs is 1. The molecule has 0 fully saturated rings. The van der Waals surface area contributed by atoms with Crippen LogP contribution in [0.25, 0.3) is 0 Å². The Bertz CT molecular complexity index is 1820. The van der Waals surface area contributed by atoms with E-state index in [4.69, 9.17) is 4.74 Å². The van der Waals surface area contributed by atoms with E-state index in [0.717, 1.165) is 23.8 Å². The quantitative estimate of drug-likeness (QED) is 0.0320. The Morgan fingerprint density at radius 1 is 1.15 bits per heavy atom. The van der Waals surface area contributed by atoms with Gasteiger partial charge in [-0.15, -0.1) is 0 Å². The lowest BCUT2D eigenvalue weighted by atomic mass is 9.99. The SMILES string of the molecule is C=NCc1cccc2c1CCO2.C=NN(CC(=O)Nc1ccc(C(C)(C)F)cc1O)C(=O)/C(=C(/CC)NC)N(CCNC=O)CCc1ncnc(C)c1O. The van der Waals surface area contributed by atoms with Crippen molar-refractivity contribution in [3.8, 4) is 17.2 Å². The molecule has 0 saturated carbocycles. The van der Waals surface area contributed by atoms with E-state index in [-0.39, 0.29) is 54.5 Å². The van der Waals surface area contributed by atoms with E-state index in [1.54, 1.807) is 18.9 Å². The number of alkyl halides is 1. The molecule has 2 heterocycles. The van der Waals surface area contributed by atoms with Crippen molar-refractivity contribution in [1.82, 2.24) is 30.5 Å². The number of carbonyl (C=O) groups is 3. The molecule has 3 amide bonds. The molecule has 1 aromatic heterocycles. The molecular weight excluding hydrogens is 697 g/mol. The molecule has 290 valence electrons. The number of carbonyl (C=O) groups excluding carboxylic acids is 3. The van der Waals surface area contributed by atoms with Crippen molar-refractivity contribution >= 4 is 37.3 Å². The van der Waals surface area contributed by atoms with Crippen molar-refractivity contribution in [2.75, 3.05) is 45.2 Å². The van der Waals surface area contributed by atoms with Crippen molar-refractivity contribution in [3.63, 3.8) is 0 Å². The van der Waals surface area contributed by atoms with Crippen molar-refractivity contribution in [2.24, 2.45) is 10.1 Å². The molecule has 2 aromatic carbocycles. The van der Waals surface area contributed by atoms with Crippen LogP contribution in [0.3, 0.4) is 0 Å². The van der Waals surface area contributed by atoms with Gasteiger partial charge in [0.15, 0.2) is 5.75 Å². The number of anilines is 1. The molecule has 0 spiro atoms. The number of hydrogen-bond acceptors (Lipinski definition) is 12. The molecule has 1 aliphatic heterocycles. The number of allylic oxidation sites excluding steroid dienone is 1. The van der Waals surface area contributed by atoms with Crippen LogP contribution >= 0.6 is 0 Å². The molecule has 0 unspecified atom stereocenters. The molecule has 15 nitrogen and oxygen atoms in total. The van der Waals surface area contributed by atoms with Gasteiger partial charge in [-0.25, -0.2) is 19.4 Å².